The minimum atomic E-state index is 0.290. The Morgan fingerprint density at radius 3 is 2.62 bits per heavy atom. The SMILES string of the molecule is CCCCCCCCOc1ncccc1C(C)NCCC. The number of nitrogens with one attached hydrogen (secondary N) is 1. The summed E-state index contributed by atoms with van der Waals surface area (Å²) in [5.74, 6) is 0.794. The van der Waals surface area contributed by atoms with E-state index in [2.05, 4.69) is 37.1 Å². The van der Waals surface area contributed by atoms with Crippen LogP contribution in [0.4, 0.5) is 0 Å². The fourth-order valence-electron chi connectivity index (χ4n) is 2.38. The Bertz CT molecular complexity index is 368. The van der Waals surface area contributed by atoms with Crippen LogP contribution in [0.25, 0.3) is 0 Å². The molecule has 3 nitrogen and oxygen atoms in total. The number of pyridine rings is 1. The molecule has 0 aliphatic heterocycles. The highest BCUT2D eigenvalue weighted by Crippen LogP contribution is 2.22. The van der Waals surface area contributed by atoms with Crippen LogP contribution < -0.4 is 10.1 Å². The van der Waals surface area contributed by atoms with E-state index in [9.17, 15) is 0 Å². The van der Waals surface area contributed by atoms with Crippen molar-refractivity contribution >= 4 is 0 Å². The van der Waals surface area contributed by atoms with Gasteiger partial charge in [0.25, 0.3) is 0 Å². The van der Waals surface area contributed by atoms with Crippen molar-refractivity contribution in [3.8, 4) is 5.88 Å². The Morgan fingerprint density at radius 2 is 1.86 bits per heavy atom. The Hall–Kier alpha value is -1.09. The maximum atomic E-state index is 5.89. The fourth-order valence-corrected chi connectivity index (χ4v) is 2.38. The predicted molar refractivity (Wildman–Crippen MR) is 89.8 cm³/mol. The number of nitrogens with zero attached hydrogens (tertiary/aromatic N) is 1. The minimum absolute atomic E-state index is 0.290. The van der Waals surface area contributed by atoms with Crippen molar-refractivity contribution in [2.45, 2.75) is 71.8 Å². The zero-order valence-electron chi connectivity index (χ0n) is 14.0. The molecule has 21 heavy (non-hydrogen) atoms. The molecule has 1 rings (SSSR count). The van der Waals surface area contributed by atoms with Gasteiger partial charge in [0, 0.05) is 17.8 Å². The lowest BCUT2D eigenvalue weighted by atomic mass is 10.1. The zero-order chi connectivity index (χ0) is 15.3. The smallest absolute Gasteiger partial charge is 0.218 e. The molecule has 0 aliphatic rings. The molecule has 1 heterocycles. The van der Waals surface area contributed by atoms with Crippen molar-refractivity contribution in [2.24, 2.45) is 0 Å². The lowest BCUT2D eigenvalue weighted by molar-refractivity contribution is 0.287. The molecule has 1 atom stereocenters. The summed E-state index contributed by atoms with van der Waals surface area (Å²) in [6.07, 6.45) is 10.7. The van der Waals surface area contributed by atoms with E-state index in [1.54, 1.807) is 0 Å². The Balaban J connectivity index is 2.33. The lowest BCUT2D eigenvalue weighted by Crippen LogP contribution is -2.20. The Kier molecular flexibility index (Phi) is 9.88. The molecule has 1 aromatic rings. The van der Waals surface area contributed by atoms with Crippen molar-refractivity contribution in [3.05, 3.63) is 23.9 Å². The second-order valence-electron chi connectivity index (χ2n) is 5.69. The van der Waals surface area contributed by atoms with Crippen molar-refractivity contribution in [1.82, 2.24) is 10.3 Å². The summed E-state index contributed by atoms with van der Waals surface area (Å²) >= 11 is 0. The third-order valence-electron chi connectivity index (χ3n) is 3.70. The van der Waals surface area contributed by atoms with Gasteiger partial charge in [-0.05, 0) is 32.4 Å². The Labute approximate surface area is 130 Å². The van der Waals surface area contributed by atoms with Crippen LogP contribution >= 0.6 is 0 Å². The van der Waals surface area contributed by atoms with Crippen molar-refractivity contribution in [2.75, 3.05) is 13.2 Å². The highest BCUT2D eigenvalue weighted by Gasteiger charge is 2.11. The summed E-state index contributed by atoms with van der Waals surface area (Å²) in [5, 5.41) is 3.49. The van der Waals surface area contributed by atoms with Crippen LogP contribution in [0.5, 0.6) is 5.88 Å². The van der Waals surface area contributed by atoms with Crippen molar-refractivity contribution in [1.29, 1.82) is 0 Å². The quantitative estimate of drug-likeness (QED) is 0.557. The van der Waals surface area contributed by atoms with Crippen molar-refractivity contribution < 1.29 is 4.74 Å². The molecule has 0 aromatic carbocycles. The van der Waals surface area contributed by atoms with Gasteiger partial charge in [-0.2, -0.15) is 0 Å². The largest absolute Gasteiger partial charge is 0.477 e. The summed E-state index contributed by atoms with van der Waals surface area (Å²) in [6.45, 7) is 8.40. The molecule has 0 fully saturated rings. The lowest BCUT2D eigenvalue weighted by Gasteiger charge is -2.17. The maximum Gasteiger partial charge on any atom is 0.218 e. The molecule has 3 heteroatoms. The van der Waals surface area contributed by atoms with Crippen LogP contribution in [0.3, 0.4) is 0 Å². The highest BCUT2D eigenvalue weighted by molar-refractivity contribution is 5.28. The van der Waals surface area contributed by atoms with Crippen LogP contribution in [0.15, 0.2) is 18.3 Å². The van der Waals surface area contributed by atoms with Gasteiger partial charge < -0.3 is 10.1 Å². The number of hydrogen-bond donors (Lipinski definition) is 1. The van der Waals surface area contributed by atoms with E-state index in [4.69, 9.17) is 4.74 Å². The van der Waals surface area contributed by atoms with Gasteiger partial charge in [-0.1, -0.05) is 52.0 Å². The van der Waals surface area contributed by atoms with E-state index in [0.717, 1.165) is 37.4 Å². The van der Waals surface area contributed by atoms with E-state index in [1.165, 1.54) is 32.1 Å². The first kappa shape index (κ1) is 18.0. The number of unbranched alkanes of at least 4 members (excludes halogenated alkanes) is 5. The molecule has 0 spiro atoms. The van der Waals surface area contributed by atoms with Crippen molar-refractivity contribution in [3.63, 3.8) is 0 Å². The average Bonchev–Trinajstić information content (AvgIpc) is 2.52. The maximum absolute atomic E-state index is 5.89. The van der Waals surface area contributed by atoms with Gasteiger partial charge in [0.05, 0.1) is 6.61 Å². The summed E-state index contributed by atoms with van der Waals surface area (Å²) < 4.78 is 5.89. The molecule has 1 unspecified atom stereocenters. The molecule has 120 valence electrons. The summed E-state index contributed by atoms with van der Waals surface area (Å²) in [4.78, 5) is 4.39. The second kappa shape index (κ2) is 11.6. The molecular formula is C18H32N2O. The minimum Gasteiger partial charge on any atom is -0.477 e. The number of hydrogen-bond acceptors (Lipinski definition) is 3. The van der Waals surface area contributed by atoms with Crippen LogP contribution in [0.1, 0.15) is 77.3 Å². The standard InChI is InChI=1S/C18H32N2O/c1-4-6-7-8-9-10-15-21-18-17(12-11-14-20-18)16(3)19-13-5-2/h11-12,14,16,19H,4-10,13,15H2,1-3H3. The number of rotatable bonds is 12. The molecular weight excluding hydrogens is 260 g/mol. The van der Waals surface area contributed by atoms with E-state index in [0.29, 0.717) is 6.04 Å². The molecule has 1 N–H and O–H groups in total. The molecule has 0 amide bonds. The van der Waals surface area contributed by atoms with Crippen LogP contribution in [0, 0.1) is 0 Å². The second-order valence-corrected chi connectivity index (χ2v) is 5.69. The molecule has 0 saturated heterocycles. The predicted octanol–water partition coefficient (Wildman–Crippen LogP) is 4.88. The first-order valence-electron chi connectivity index (χ1n) is 8.60. The molecule has 0 bridgehead atoms. The van der Waals surface area contributed by atoms with E-state index >= 15 is 0 Å². The van der Waals surface area contributed by atoms with Gasteiger partial charge in [0.1, 0.15) is 0 Å². The third-order valence-corrected chi connectivity index (χ3v) is 3.70. The average molecular weight is 292 g/mol. The molecule has 0 radical (unpaired) electrons. The first-order chi connectivity index (χ1) is 10.3. The molecule has 1 aromatic heterocycles. The van der Waals surface area contributed by atoms with Crippen LogP contribution in [-0.2, 0) is 0 Å². The number of ether oxygens (including phenoxy) is 1. The highest BCUT2D eigenvalue weighted by atomic mass is 16.5. The number of aromatic nitrogens is 1. The fraction of sp³-hybridized carbons (Fsp3) is 0.722. The normalized spacial score (nSPS) is 12.3. The zero-order valence-corrected chi connectivity index (χ0v) is 14.0. The van der Waals surface area contributed by atoms with Gasteiger partial charge in [-0.3, -0.25) is 0 Å². The van der Waals surface area contributed by atoms with Gasteiger partial charge in [0.15, 0.2) is 0 Å². The molecule has 0 saturated carbocycles. The monoisotopic (exact) mass is 292 g/mol. The first-order valence-corrected chi connectivity index (χ1v) is 8.60. The van der Waals surface area contributed by atoms with Gasteiger partial charge in [-0.15, -0.1) is 0 Å². The third kappa shape index (κ3) is 7.47. The topological polar surface area (TPSA) is 34.1 Å². The summed E-state index contributed by atoms with van der Waals surface area (Å²) in [6, 6.07) is 4.38. The summed E-state index contributed by atoms with van der Waals surface area (Å²) in [5.41, 5.74) is 1.16. The summed E-state index contributed by atoms with van der Waals surface area (Å²) in [7, 11) is 0. The van der Waals surface area contributed by atoms with Gasteiger partial charge in [-0.25, -0.2) is 4.98 Å². The molecule has 0 aliphatic carbocycles. The van der Waals surface area contributed by atoms with Gasteiger partial charge >= 0.3 is 0 Å². The Morgan fingerprint density at radius 1 is 1.10 bits per heavy atom. The van der Waals surface area contributed by atoms with Crippen LogP contribution in [-0.4, -0.2) is 18.1 Å². The van der Waals surface area contributed by atoms with E-state index in [1.807, 2.05) is 12.3 Å². The van der Waals surface area contributed by atoms with Crippen LogP contribution in [0.2, 0.25) is 0 Å². The van der Waals surface area contributed by atoms with E-state index < -0.39 is 0 Å². The van der Waals surface area contributed by atoms with Gasteiger partial charge in [0.2, 0.25) is 5.88 Å². The van der Waals surface area contributed by atoms with E-state index in [-0.39, 0.29) is 0 Å².